The van der Waals surface area contributed by atoms with Gasteiger partial charge >= 0.3 is 0 Å². The molecule has 2 aliphatic rings. The molecule has 4 unspecified atom stereocenters. The number of benzene rings is 1. The van der Waals surface area contributed by atoms with Crippen LogP contribution in [0.15, 0.2) is 30.3 Å². The lowest BCUT2D eigenvalue weighted by Crippen LogP contribution is -2.23. The fourth-order valence-corrected chi connectivity index (χ4v) is 3.87. The van der Waals surface area contributed by atoms with E-state index in [9.17, 15) is 5.11 Å². The minimum Gasteiger partial charge on any atom is -0.396 e. The Morgan fingerprint density at radius 1 is 1.07 bits per heavy atom. The second kappa shape index (κ2) is 3.64. The average Bonchev–Trinajstić information content (AvgIpc) is 2.89. The first kappa shape index (κ1) is 9.41. The minimum atomic E-state index is 0.376. The summed E-state index contributed by atoms with van der Waals surface area (Å²) in [6, 6.07) is 10.8. The molecule has 0 heterocycles. The van der Waals surface area contributed by atoms with Gasteiger partial charge in [0.1, 0.15) is 0 Å². The Morgan fingerprint density at radius 3 is 2.53 bits per heavy atom. The van der Waals surface area contributed by atoms with Crippen molar-refractivity contribution in [1.29, 1.82) is 0 Å². The molecule has 15 heavy (non-hydrogen) atoms. The van der Waals surface area contributed by atoms with E-state index in [1.165, 1.54) is 24.8 Å². The largest absolute Gasteiger partial charge is 0.396 e. The first-order valence-electron chi connectivity index (χ1n) is 6.06. The molecule has 0 aliphatic heterocycles. The van der Waals surface area contributed by atoms with E-state index in [1.54, 1.807) is 0 Å². The molecule has 0 amide bonds. The van der Waals surface area contributed by atoms with E-state index in [-0.39, 0.29) is 0 Å². The summed E-state index contributed by atoms with van der Waals surface area (Å²) in [5, 5.41) is 9.52. The van der Waals surface area contributed by atoms with Crippen LogP contribution in [0.1, 0.15) is 30.7 Å². The highest BCUT2D eigenvalue weighted by molar-refractivity contribution is 5.24. The van der Waals surface area contributed by atoms with Crippen LogP contribution in [-0.4, -0.2) is 11.7 Å². The minimum absolute atomic E-state index is 0.376. The average molecular weight is 202 g/mol. The van der Waals surface area contributed by atoms with Crippen molar-refractivity contribution in [1.82, 2.24) is 0 Å². The van der Waals surface area contributed by atoms with Gasteiger partial charge in [-0.25, -0.2) is 0 Å². The maximum Gasteiger partial charge on any atom is 0.0467 e. The van der Waals surface area contributed by atoms with Crippen molar-refractivity contribution in [3.63, 3.8) is 0 Å². The van der Waals surface area contributed by atoms with Gasteiger partial charge in [-0.3, -0.25) is 0 Å². The Morgan fingerprint density at radius 2 is 1.80 bits per heavy atom. The molecule has 2 saturated carbocycles. The van der Waals surface area contributed by atoms with Crippen LogP contribution in [-0.2, 0) is 0 Å². The monoisotopic (exact) mass is 202 g/mol. The Kier molecular flexibility index (Phi) is 2.28. The summed E-state index contributed by atoms with van der Waals surface area (Å²) in [5.41, 5.74) is 1.45. The Labute approximate surface area is 91.1 Å². The molecular weight excluding hydrogens is 184 g/mol. The van der Waals surface area contributed by atoms with Crippen LogP contribution in [0.5, 0.6) is 0 Å². The van der Waals surface area contributed by atoms with E-state index in [0.717, 1.165) is 11.8 Å². The van der Waals surface area contributed by atoms with Crippen LogP contribution in [0.2, 0.25) is 0 Å². The number of rotatable bonds is 2. The molecule has 1 nitrogen and oxygen atoms in total. The van der Waals surface area contributed by atoms with Gasteiger partial charge in [-0.1, -0.05) is 30.3 Å². The summed E-state index contributed by atoms with van der Waals surface area (Å²) >= 11 is 0. The Balaban J connectivity index is 1.92. The van der Waals surface area contributed by atoms with Gasteiger partial charge in [-0.05, 0) is 48.5 Å². The Bertz CT molecular complexity index is 332. The van der Waals surface area contributed by atoms with Crippen LogP contribution >= 0.6 is 0 Å². The second-order valence-corrected chi connectivity index (χ2v) is 5.12. The molecule has 1 aromatic rings. The molecule has 3 rings (SSSR count). The molecule has 0 spiro atoms. The highest BCUT2D eigenvalue weighted by Crippen LogP contribution is 2.56. The summed E-state index contributed by atoms with van der Waals surface area (Å²) in [6.07, 6.45) is 4.07. The zero-order chi connectivity index (χ0) is 10.3. The maximum absolute atomic E-state index is 9.52. The maximum atomic E-state index is 9.52. The van der Waals surface area contributed by atoms with Crippen LogP contribution in [0, 0.1) is 17.8 Å². The predicted molar refractivity (Wildman–Crippen MR) is 60.6 cm³/mol. The lowest BCUT2D eigenvalue weighted by molar-refractivity contribution is 0.158. The normalized spacial score (nSPS) is 38.5. The fourth-order valence-electron chi connectivity index (χ4n) is 3.87. The summed E-state index contributed by atoms with van der Waals surface area (Å²) in [6.45, 7) is 0.376. The van der Waals surface area contributed by atoms with Gasteiger partial charge in [0.15, 0.2) is 0 Å². The first-order chi connectivity index (χ1) is 7.40. The van der Waals surface area contributed by atoms with E-state index in [1.807, 2.05) is 0 Å². The van der Waals surface area contributed by atoms with Crippen molar-refractivity contribution in [2.45, 2.75) is 25.2 Å². The highest BCUT2D eigenvalue weighted by atomic mass is 16.3. The van der Waals surface area contributed by atoms with Crippen LogP contribution < -0.4 is 0 Å². The number of hydrogen-bond donors (Lipinski definition) is 1. The van der Waals surface area contributed by atoms with Crippen molar-refractivity contribution in [2.75, 3.05) is 6.61 Å². The third-order valence-corrected chi connectivity index (χ3v) is 4.48. The van der Waals surface area contributed by atoms with Gasteiger partial charge in [-0.15, -0.1) is 0 Å². The van der Waals surface area contributed by atoms with E-state index in [2.05, 4.69) is 30.3 Å². The van der Waals surface area contributed by atoms with Crippen molar-refractivity contribution in [3.05, 3.63) is 35.9 Å². The molecule has 1 N–H and O–H groups in total. The first-order valence-corrected chi connectivity index (χ1v) is 6.06. The van der Waals surface area contributed by atoms with Crippen LogP contribution in [0.25, 0.3) is 0 Å². The quantitative estimate of drug-likeness (QED) is 0.782. The van der Waals surface area contributed by atoms with E-state index >= 15 is 0 Å². The molecular formula is C14H18O. The molecule has 1 heteroatoms. The predicted octanol–water partition coefficient (Wildman–Crippen LogP) is 2.81. The molecule has 1 aromatic carbocycles. The number of fused-ring (bicyclic) bond motifs is 2. The molecule has 2 fully saturated rings. The zero-order valence-corrected chi connectivity index (χ0v) is 8.97. The van der Waals surface area contributed by atoms with Gasteiger partial charge in [0.2, 0.25) is 0 Å². The smallest absolute Gasteiger partial charge is 0.0467 e. The highest BCUT2D eigenvalue weighted by Gasteiger charge is 2.47. The van der Waals surface area contributed by atoms with Crippen molar-refractivity contribution in [2.24, 2.45) is 17.8 Å². The third-order valence-electron chi connectivity index (χ3n) is 4.48. The molecule has 2 aliphatic carbocycles. The zero-order valence-electron chi connectivity index (χ0n) is 8.97. The molecule has 2 bridgehead atoms. The van der Waals surface area contributed by atoms with Gasteiger partial charge in [-0.2, -0.15) is 0 Å². The number of aliphatic hydroxyl groups excluding tert-OH is 1. The van der Waals surface area contributed by atoms with Gasteiger partial charge in [0, 0.05) is 6.61 Å². The fraction of sp³-hybridized carbons (Fsp3) is 0.571. The second-order valence-electron chi connectivity index (χ2n) is 5.12. The van der Waals surface area contributed by atoms with Crippen molar-refractivity contribution >= 4 is 0 Å². The van der Waals surface area contributed by atoms with Gasteiger partial charge in [0.05, 0.1) is 0 Å². The van der Waals surface area contributed by atoms with E-state index in [0.29, 0.717) is 18.4 Å². The summed E-state index contributed by atoms with van der Waals surface area (Å²) in [7, 11) is 0. The lowest BCUT2D eigenvalue weighted by atomic mass is 9.76. The summed E-state index contributed by atoms with van der Waals surface area (Å²) in [5.74, 6) is 2.81. The van der Waals surface area contributed by atoms with Crippen LogP contribution in [0.4, 0.5) is 0 Å². The summed E-state index contributed by atoms with van der Waals surface area (Å²) in [4.78, 5) is 0. The third kappa shape index (κ3) is 1.41. The molecule has 0 aromatic heterocycles. The number of hydrogen-bond acceptors (Lipinski definition) is 1. The SMILES string of the molecule is OCC1C2CCC(C2)C1c1ccccc1. The molecule has 0 saturated heterocycles. The van der Waals surface area contributed by atoms with Crippen LogP contribution in [0.3, 0.4) is 0 Å². The van der Waals surface area contributed by atoms with E-state index in [4.69, 9.17) is 0 Å². The molecule has 4 atom stereocenters. The Hall–Kier alpha value is -0.820. The topological polar surface area (TPSA) is 20.2 Å². The summed E-state index contributed by atoms with van der Waals surface area (Å²) < 4.78 is 0. The van der Waals surface area contributed by atoms with Gasteiger partial charge in [0.25, 0.3) is 0 Å². The van der Waals surface area contributed by atoms with E-state index < -0.39 is 0 Å². The van der Waals surface area contributed by atoms with Crippen molar-refractivity contribution < 1.29 is 5.11 Å². The molecule has 80 valence electrons. The van der Waals surface area contributed by atoms with Crippen molar-refractivity contribution in [3.8, 4) is 0 Å². The molecule has 0 radical (unpaired) electrons. The standard InChI is InChI=1S/C14H18O/c15-9-13-11-6-7-12(8-11)14(13)10-4-2-1-3-5-10/h1-5,11-15H,6-9H2. The van der Waals surface area contributed by atoms with Gasteiger partial charge < -0.3 is 5.11 Å². The lowest BCUT2D eigenvalue weighted by Gasteiger charge is -2.30. The number of aliphatic hydroxyl groups is 1.